The number of pyridine rings is 1. The molecule has 4 rings (SSSR count). The summed E-state index contributed by atoms with van der Waals surface area (Å²) >= 11 is 0. The lowest BCUT2D eigenvalue weighted by molar-refractivity contribution is 0.593. The summed E-state index contributed by atoms with van der Waals surface area (Å²) in [7, 11) is 0. The van der Waals surface area contributed by atoms with Gasteiger partial charge >= 0.3 is 0 Å². The van der Waals surface area contributed by atoms with Crippen LogP contribution in [0.5, 0.6) is 0 Å². The van der Waals surface area contributed by atoms with E-state index in [0.29, 0.717) is 0 Å². The van der Waals surface area contributed by atoms with Crippen molar-refractivity contribution in [3.8, 4) is 0 Å². The van der Waals surface area contributed by atoms with E-state index in [1.165, 1.54) is 16.8 Å². The van der Waals surface area contributed by atoms with Crippen molar-refractivity contribution in [3.05, 3.63) is 81.8 Å². The molecule has 138 valence electrons. The third-order valence-corrected chi connectivity index (χ3v) is 5.37. The quantitative estimate of drug-likeness (QED) is 0.399. The van der Waals surface area contributed by atoms with Gasteiger partial charge in [0.15, 0.2) is 5.43 Å². The first kappa shape index (κ1) is 17.6. The molecule has 4 nitrogen and oxygen atoms in total. The van der Waals surface area contributed by atoms with Crippen LogP contribution >= 0.6 is 0 Å². The lowest BCUT2D eigenvalue weighted by Gasteiger charge is -2.18. The average molecular weight is 359 g/mol. The Bertz CT molecular complexity index is 1140. The van der Waals surface area contributed by atoms with Crippen LogP contribution in [0, 0.1) is 13.8 Å². The number of fused-ring (bicyclic) bond motifs is 2. The molecular weight excluding hydrogens is 334 g/mol. The number of aromatic nitrogens is 2. The standard InChI is InChI=1S/C23H25N3O/c1-16-10-11-20-22(17(16)2)26(21-9-4-3-8-19(21)23(20)27)14-6-12-24-15-18-7-5-13-25-18/h3-5,7-11,13,24-25H,6,12,14-15H2,1-2H3. The first-order valence-electron chi connectivity index (χ1n) is 9.51. The molecule has 0 unspecified atom stereocenters. The summed E-state index contributed by atoms with van der Waals surface area (Å²) < 4.78 is 2.32. The van der Waals surface area contributed by atoms with Gasteiger partial charge in [-0.25, -0.2) is 0 Å². The lowest BCUT2D eigenvalue weighted by Crippen LogP contribution is -2.18. The molecule has 0 saturated carbocycles. The summed E-state index contributed by atoms with van der Waals surface area (Å²) in [6.45, 7) is 6.87. The van der Waals surface area contributed by atoms with E-state index in [2.05, 4.69) is 46.9 Å². The van der Waals surface area contributed by atoms with Crippen LogP contribution in [0.4, 0.5) is 0 Å². The van der Waals surface area contributed by atoms with Crippen LogP contribution in [0.25, 0.3) is 21.8 Å². The summed E-state index contributed by atoms with van der Waals surface area (Å²) in [4.78, 5) is 16.2. The fourth-order valence-corrected chi connectivity index (χ4v) is 3.79. The van der Waals surface area contributed by atoms with E-state index in [1.807, 2.05) is 36.5 Å². The summed E-state index contributed by atoms with van der Waals surface area (Å²) in [6.07, 6.45) is 2.94. The molecule has 27 heavy (non-hydrogen) atoms. The number of H-pyrrole nitrogens is 1. The smallest absolute Gasteiger partial charge is 0.197 e. The summed E-state index contributed by atoms with van der Waals surface area (Å²) in [5.74, 6) is 0. The molecule has 0 fully saturated rings. The van der Waals surface area contributed by atoms with Gasteiger partial charge in [-0.3, -0.25) is 4.79 Å². The number of aryl methyl sites for hydroxylation is 3. The maximum atomic E-state index is 13.0. The first-order valence-corrected chi connectivity index (χ1v) is 9.51. The van der Waals surface area contributed by atoms with Crippen molar-refractivity contribution in [2.24, 2.45) is 0 Å². The number of benzene rings is 2. The number of para-hydroxylation sites is 1. The molecule has 0 bridgehead atoms. The zero-order chi connectivity index (χ0) is 18.8. The number of rotatable bonds is 6. The molecule has 4 aromatic rings. The van der Waals surface area contributed by atoms with Gasteiger partial charge in [0, 0.05) is 35.8 Å². The van der Waals surface area contributed by atoms with Gasteiger partial charge in [0.1, 0.15) is 0 Å². The van der Waals surface area contributed by atoms with E-state index in [0.717, 1.165) is 47.9 Å². The predicted molar refractivity (Wildman–Crippen MR) is 112 cm³/mol. The highest BCUT2D eigenvalue weighted by Gasteiger charge is 2.13. The van der Waals surface area contributed by atoms with Crippen molar-refractivity contribution in [1.82, 2.24) is 14.9 Å². The molecule has 0 radical (unpaired) electrons. The molecule has 0 amide bonds. The minimum atomic E-state index is 0.129. The predicted octanol–water partition coefficient (Wildman–Crippen LogP) is 4.28. The van der Waals surface area contributed by atoms with Crippen molar-refractivity contribution < 1.29 is 0 Å². The highest BCUT2D eigenvalue weighted by atomic mass is 16.1. The highest BCUT2D eigenvalue weighted by Crippen LogP contribution is 2.24. The van der Waals surface area contributed by atoms with Crippen molar-refractivity contribution in [2.75, 3.05) is 6.54 Å². The Kier molecular flexibility index (Phi) is 4.82. The second-order valence-corrected chi connectivity index (χ2v) is 7.13. The van der Waals surface area contributed by atoms with Crippen molar-refractivity contribution in [2.45, 2.75) is 33.4 Å². The Hall–Kier alpha value is -2.85. The van der Waals surface area contributed by atoms with Gasteiger partial charge in [-0.05, 0) is 68.3 Å². The SMILES string of the molecule is Cc1ccc2c(=O)c3ccccc3n(CCCNCc3ccc[nH]3)c2c1C. The number of hydrogen-bond acceptors (Lipinski definition) is 2. The zero-order valence-corrected chi connectivity index (χ0v) is 15.9. The molecule has 0 aliphatic carbocycles. The number of hydrogen-bond donors (Lipinski definition) is 2. The molecule has 2 aromatic heterocycles. The van der Waals surface area contributed by atoms with Crippen LogP contribution in [-0.4, -0.2) is 16.1 Å². The summed E-state index contributed by atoms with van der Waals surface area (Å²) in [5, 5.41) is 5.10. The molecule has 0 aliphatic heterocycles. The van der Waals surface area contributed by atoms with Crippen molar-refractivity contribution >= 4 is 21.8 Å². The van der Waals surface area contributed by atoms with Crippen LogP contribution < -0.4 is 10.7 Å². The molecule has 0 spiro atoms. The summed E-state index contributed by atoms with van der Waals surface area (Å²) in [5.41, 5.74) is 5.83. The molecule has 2 N–H and O–H groups in total. The van der Waals surface area contributed by atoms with Crippen LogP contribution in [0.1, 0.15) is 23.2 Å². The van der Waals surface area contributed by atoms with Gasteiger partial charge in [0.25, 0.3) is 0 Å². The van der Waals surface area contributed by atoms with Crippen molar-refractivity contribution in [1.29, 1.82) is 0 Å². The average Bonchev–Trinajstić information content (AvgIpc) is 3.20. The number of nitrogens with one attached hydrogen (secondary N) is 2. The molecule has 2 aromatic carbocycles. The van der Waals surface area contributed by atoms with Crippen LogP contribution in [0.3, 0.4) is 0 Å². The number of nitrogens with zero attached hydrogens (tertiary/aromatic N) is 1. The molecule has 0 atom stereocenters. The summed E-state index contributed by atoms with van der Waals surface area (Å²) in [6, 6.07) is 16.1. The van der Waals surface area contributed by atoms with Gasteiger partial charge in [0.05, 0.1) is 11.0 Å². The minimum absolute atomic E-state index is 0.129. The molecule has 2 heterocycles. The van der Waals surface area contributed by atoms with Crippen LogP contribution in [0.2, 0.25) is 0 Å². The van der Waals surface area contributed by atoms with Crippen LogP contribution in [0.15, 0.2) is 59.5 Å². The number of aromatic amines is 1. The third-order valence-electron chi connectivity index (χ3n) is 5.37. The second-order valence-electron chi connectivity index (χ2n) is 7.13. The zero-order valence-electron chi connectivity index (χ0n) is 15.9. The van der Waals surface area contributed by atoms with E-state index in [4.69, 9.17) is 0 Å². The Morgan fingerprint density at radius 3 is 2.67 bits per heavy atom. The van der Waals surface area contributed by atoms with Crippen LogP contribution in [-0.2, 0) is 13.1 Å². The Morgan fingerprint density at radius 1 is 1.00 bits per heavy atom. The maximum absolute atomic E-state index is 13.0. The highest BCUT2D eigenvalue weighted by molar-refractivity contribution is 5.95. The largest absolute Gasteiger partial charge is 0.364 e. The van der Waals surface area contributed by atoms with E-state index < -0.39 is 0 Å². The maximum Gasteiger partial charge on any atom is 0.197 e. The fourth-order valence-electron chi connectivity index (χ4n) is 3.79. The Morgan fingerprint density at radius 2 is 1.85 bits per heavy atom. The molecular formula is C23H25N3O. The Labute approximate surface area is 158 Å². The van der Waals surface area contributed by atoms with Crippen molar-refractivity contribution in [3.63, 3.8) is 0 Å². The van der Waals surface area contributed by atoms with E-state index >= 15 is 0 Å². The molecule has 0 saturated heterocycles. The molecule has 0 aliphatic rings. The van der Waals surface area contributed by atoms with E-state index in [1.54, 1.807) is 0 Å². The van der Waals surface area contributed by atoms with Gasteiger partial charge < -0.3 is 14.9 Å². The monoisotopic (exact) mass is 359 g/mol. The lowest BCUT2D eigenvalue weighted by atomic mass is 10.0. The van der Waals surface area contributed by atoms with E-state index in [-0.39, 0.29) is 5.43 Å². The first-order chi connectivity index (χ1) is 13.2. The minimum Gasteiger partial charge on any atom is -0.364 e. The van der Waals surface area contributed by atoms with E-state index in [9.17, 15) is 4.79 Å². The Balaban J connectivity index is 1.68. The topological polar surface area (TPSA) is 49.8 Å². The normalized spacial score (nSPS) is 11.5. The second kappa shape index (κ2) is 7.41. The van der Waals surface area contributed by atoms with Gasteiger partial charge in [-0.1, -0.05) is 18.2 Å². The fraction of sp³-hybridized carbons (Fsp3) is 0.261. The van der Waals surface area contributed by atoms with Gasteiger partial charge in [-0.2, -0.15) is 0 Å². The van der Waals surface area contributed by atoms with Gasteiger partial charge in [0.2, 0.25) is 0 Å². The van der Waals surface area contributed by atoms with Gasteiger partial charge in [-0.15, -0.1) is 0 Å². The molecule has 4 heteroatoms. The third kappa shape index (κ3) is 3.28.